The maximum atomic E-state index is 11.5. The molecular weight excluding hydrogens is 359 g/mol. The first-order valence-electron chi connectivity index (χ1n) is 8.33. The maximum Gasteiger partial charge on any atom is 0.513 e. The first kappa shape index (κ1) is 16.7. The minimum Gasteiger partial charge on any atom is -0.437 e. The van der Waals surface area contributed by atoms with Crippen LogP contribution in [-0.4, -0.2) is 13.3 Å². The molecule has 0 amide bonds. The van der Waals surface area contributed by atoms with Crippen molar-refractivity contribution in [1.82, 2.24) is 0 Å². The van der Waals surface area contributed by atoms with Gasteiger partial charge in [0, 0.05) is 10.4 Å². The molecule has 0 saturated heterocycles. The number of halogens is 2. The highest BCUT2D eigenvalue weighted by atomic mass is 35.5. The summed E-state index contributed by atoms with van der Waals surface area (Å²) in [6.07, 6.45) is 3.28. The zero-order valence-corrected chi connectivity index (χ0v) is 15.6. The van der Waals surface area contributed by atoms with Gasteiger partial charge in [0.1, 0.15) is 0 Å². The lowest BCUT2D eigenvalue weighted by Gasteiger charge is -2.27. The van der Waals surface area contributed by atoms with Crippen LogP contribution in [0, 0.1) is 6.92 Å². The molecular formula is C20H18Cl2O3. The van der Waals surface area contributed by atoms with Gasteiger partial charge in [0.2, 0.25) is 0 Å². The Morgan fingerprint density at radius 3 is 2.24 bits per heavy atom. The second-order valence-electron chi connectivity index (χ2n) is 6.84. The number of rotatable bonds is 1. The van der Waals surface area contributed by atoms with Gasteiger partial charge in [-0.15, -0.1) is 0 Å². The van der Waals surface area contributed by atoms with Crippen molar-refractivity contribution in [2.24, 2.45) is 0 Å². The van der Waals surface area contributed by atoms with Crippen LogP contribution in [0.25, 0.3) is 0 Å². The quantitative estimate of drug-likeness (QED) is 0.478. The molecule has 0 saturated carbocycles. The molecule has 130 valence electrons. The molecule has 1 atom stereocenters. The van der Waals surface area contributed by atoms with Crippen LogP contribution in [0.2, 0.25) is 10.0 Å². The van der Waals surface area contributed by atoms with Crippen LogP contribution in [0.5, 0.6) is 5.75 Å². The smallest absolute Gasteiger partial charge is 0.437 e. The Morgan fingerprint density at radius 1 is 1.00 bits per heavy atom. The second-order valence-corrected chi connectivity index (χ2v) is 7.65. The molecule has 2 aliphatic carbocycles. The fourth-order valence-corrected chi connectivity index (χ4v) is 4.75. The number of carbonyl (C=O) groups excluding carboxylic acids is 1. The van der Waals surface area contributed by atoms with Gasteiger partial charge in [-0.1, -0.05) is 29.3 Å². The van der Waals surface area contributed by atoms with Gasteiger partial charge in [0.05, 0.1) is 12.1 Å². The average Bonchev–Trinajstić information content (AvgIpc) is 3.11. The van der Waals surface area contributed by atoms with E-state index in [9.17, 15) is 4.79 Å². The SMILES string of the molecule is COC(=O)Oc1cc2c(cc1Cl)CCC21CCc2cc(Cl)c(C)cc21. The van der Waals surface area contributed by atoms with Crippen LogP contribution in [0.4, 0.5) is 4.79 Å². The van der Waals surface area contributed by atoms with E-state index in [2.05, 4.69) is 16.9 Å². The average molecular weight is 377 g/mol. The number of aryl methyl sites for hydroxylation is 3. The summed E-state index contributed by atoms with van der Waals surface area (Å²) in [5.41, 5.74) is 6.14. The van der Waals surface area contributed by atoms with Crippen molar-refractivity contribution in [3.05, 3.63) is 62.1 Å². The number of hydrogen-bond donors (Lipinski definition) is 0. The molecule has 0 heterocycles. The van der Waals surface area contributed by atoms with Crippen molar-refractivity contribution in [1.29, 1.82) is 0 Å². The lowest BCUT2D eigenvalue weighted by molar-refractivity contribution is 0.121. The van der Waals surface area contributed by atoms with Gasteiger partial charge < -0.3 is 9.47 Å². The highest BCUT2D eigenvalue weighted by Gasteiger charge is 2.45. The summed E-state index contributed by atoms with van der Waals surface area (Å²) in [7, 11) is 1.28. The lowest BCUT2D eigenvalue weighted by Crippen LogP contribution is -2.21. The minimum atomic E-state index is -0.761. The predicted molar refractivity (Wildman–Crippen MR) is 98.1 cm³/mol. The summed E-state index contributed by atoms with van der Waals surface area (Å²) in [5, 5.41) is 1.26. The molecule has 5 heteroatoms. The van der Waals surface area contributed by atoms with E-state index in [1.165, 1.54) is 29.4 Å². The van der Waals surface area contributed by atoms with E-state index in [0.29, 0.717) is 10.8 Å². The lowest BCUT2D eigenvalue weighted by atomic mass is 9.76. The molecule has 0 aliphatic heterocycles. The van der Waals surface area contributed by atoms with Gasteiger partial charge in [0.25, 0.3) is 0 Å². The summed E-state index contributed by atoms with van der Waals surface area (Å²) >= 11 is 12.6. The van der Waals surface area contributed by atoms with Crippen LogP contribution < -0.4 is 4.74 Å². The Bertz CT molecular complexity index is 887. The molecule has 2 aromatic rings. The molecule has 25 heavy (non-hydrogen) atoms. The van der Waals surface area contributed by atoms with Crippen LogP contribution in [0.15, 0.2) is 24.3 Å². The van der Waals surface area contributed by atoms with E-state index in [1.807, 2.05) is 19.1 Å². The fourth-order valence-electron chi connectivity index (χ4n) is 4.34. The Morgan fingerprint density at radius 2 is 1.60 bits per heavy atom. The van der Waals surface area contributed by atoms with E-state index in [-0.39, 0.29) is 5.41 Å². The summed E-state index contributed by atoms with van der Waals surface area (Å²) in [5.74, 6) is 0.354. The van der Waals surface area contributed by atoms with Crippen molar-refractivity contribution < 1.29 is 14.3 Å². The van der Waals surface area contributed by atoms with E-state index in [1.54, 1.807) is 0 Å². The Labute approximate surface area is 156 Å². The van der Waals surface area contributed by atoms with Crippen LogP contribution in [-0.2, 0) is 23.0 Å². The van der Waals surface area contributed by atoms with Gasteiger partial charge in [0.15, 0.2) is 5.75 Å². The third-order valence-corrected chi connectivity index (χ3v) is 6.28. The number of hydrogen-bond acceptors (Lipinski definition) is 3. The molecule has 3 nitrogen and oxygen atoms in total. The summed E-state index contributed by atoms with van der Waals surface area (Å²) in [4.78, 5) is 11.5. The first-order valence-corrected chi connectivity index (χ1v) is 9.08. The molecule has 2 aromatic carbocycles. The summed E-state index contributed by atoms with van der Waals surface area (Å²) in [6.45, 7) is 2.04. The second kappa shape index (κ2) is 5.93. The van der Waals surface area contributed by atoms with E-state index in [0.717, 1.165) is 36.3 Å². The van der Waals surface area contributed by atoms with E-state index < -0.39 is 6.16 Å². The monoisotopic (exact) mass is 376 g/mol. The number of methoxy groups -OCH3 is 1. The number of carbonyl (C=O) groups is 1. The van der Waals surface area contributed by atoms with Crippen LogP contribution >= 0.6 is 23.2 Å². The van der Waals surface area contributed by atoms with Crippen molar-refractivity contribution in [2.75, 3.05) is 7.11 Å². The Balaban J connectivity index is 1.85. The first-order chi connectivity index (χ1) is 11.9. The fraction of sp³-hybridized carbons (Fsp3) is 0.350. The Kier molecular flexibility index (Phi) is 3.97. The third kappa shape index (κ3) is 2.52. The number of fused-ring (bicyclic) bond motifs is 4. The molecule has 0 fully saturated rings. The van der Waals surface area contributed by atoms with Crippen molar-refractivity contribution in [3.63, 3.8) is 0 Å². The van der Waals surface area contributed by atoms with Crippen LogP contribution in [0.3, 0.4) is 0 Å². The van der Waals surface area contributed by atoms with E-state index >= 15 is 0 Å². The van der Waals surface area contributed by atoms with Gasteiger partial charge in [-0.25, -0.2) is 4.79 Å². The normalized spacial score (nSPS) is 20.5. The van der Waals surface area contributed by atoms with Gasteiger partial charge in [-0.2, -0.15) is 0 Å². The van der Waals surface area contributed by atoms with Crippen molar-refractivity contribution >= 4 is 29.4 Å². The van der Waals surface area contributed by atoms with Crippen LogP contribution in [0.1, 0.15) is 40.7 Å². The largest absolute Gasteiger partial charge is 0.513 e. The molecule has 0 bridgehead atoms. The summed E-state index contributed by atoms with van der Waals surface area (Å²) < 4.78 is 9.84. The topological polar surface area (TPSA) is 35.5 Å². The number of ether oxygens (including phenoxy) is 2. The molecule has 0 N–H and O–H groups in total. The minimum absolute atomic E-state index is 0.0428. The molecule has 0 aromatic heterocycles. The maximum absolute atomic E-state index is 11.5. The Hall–Kier alpha value is -1.71. The molecule has 1 unspecified atom stereocenters. The van der Waals surface area contributed by atoms with Gasteiger partial charge in [-0.05, 0) is 78.6 Å². The summed E-state index contributed by atoms with van der Waals surface area (Å²) in [6, 6.07) is 8.15. The number of benzene rings is 2. The highest BCUT2D eigenvalue weighted by Crippen LogP contribution is 2.54. The highest BCUT2D eigenvalue weighted by molar-refractivity contribution is 6.32. The van der Waals surface area contributed by atoms with E-state index in [4.69, 9.17) is 27.9 Å². The molecule has 4 rings (SSSR count). The van der Waals surface area contributed by atoms with Crippen molar-refractivity contribution in [3.8, 4) is 5.75 Å². The zero-order valence-electron chi connectivity index (χ0n) is 14.1. The third-order valence-electron chi connectivity index (χ3n) is 5.58. The zero-order chi connectivity index (χ0) is 17.8. The van der Waals surface area contributed by atoms with Gasteiger partial charge in [-0.3, -0.25) is 0 Å². The molecule has 2 aliphatic rings. The predicted octanol–water partition coefficient (Wildman–Crippen LogP) is 5.63. The standard InChI is InChI=1S/C20H18Cl2O3/c1-11-7-14-12(8-16(11)21)3-5-20(14)6-4-13-9-17(22)18(10-15(13)20)25-19(23)24-2/h7-10H,3-6H2,1-2H3. The molecule has 0 radical (unpaired) electrons. The molecule has 1 spiro atoms. The van der Waals surface area contributed by atoms with Crippen molar-refractivity contribution in [2.45, 2.75) is 38.0 Å². The van der Waals surface area contributed by atoms with Gasteiger partial charge >= 0.3 is 6.16 Å².